The van der Waals surface area contributed by atoms with Crippen LogP contribution >= 0.6 is 34.8 Å². The van der Waals surface area contributed by atoms with Crippen molar-refractivity contribution < 1.29 is 18.4 Å². The number of halogens is 5. The third-order valence-electron chi connectivity index (χ3n) is 5.40. The van der Waals surface area contributed by atoms with Crippen LogP contribution in [0.2, 0.25) is 5.02 Å². The lowest BCUT2D eigenvalue weighted by atomic mass is 9.88. The van der Waals surface area contributed by atoms with E-state index in [4.69, 9.17) is 34.8 Å². The fraction of sp³-hybridized carbons (Fsp3) is 0.333. The van der Waals surface area contributed by atoms with Gasteiger partial charge in [-0.1, -0.05) is 41.9 Å². The maximum Gasteiger partial charge on any atom is 0.253 e. The lowest BCUT2D eigenvalue weighted by Gasteiger charge is -2.35. The predicted octanol–water partition coefficient (Wildman–Crippen LogP) is 5.39. The zero-order valence-electron chi connectivity index (χ0n) is 15.5. The van der Waals surface area contributed by atoms with Gasteiger partial charge < -0.3 is 10.6 Å². The summed E-state index contributed by atoms with van der Waals surface area (Å²) in [6.07, 6.45) is -0.800. The number of alkyl halides is 4. The molecule has 4 rings (SSSR count). The molecule has 2 aliphatic rings. The van der Waals surface area contributed by atoms with Crippen molar-refractivity contribution in [1.29, 1.82) is 0 Å². The van der Waals surface area contributed by atoms with Gasteiger partial charge in [-0.3, -0.25) is 9.59 Å². The van der Waals surface area contributed by atoms with Crippen LogP contribution in [0.4, 0.5) is 14.5 Å². The predicted molar refractivity (Wildman–Crippen MR) is 113 cm³/mol. The second-order valence-corrected chi connectivity index (χ2v) is 9.51. The molecular weight excluding hydrogens is 457 g/mol. The Hall–Kier alpha value is -1.89. The van der Waals surface area contributed by atoms with E-state index in [0.717, 1.165) is 5.56 Å². The molecule has 2 aliphatic carbocycles. The number of amides is 2. The Balaban J connectivity index is 1.44. The molecule has 2 saturated carbocycles. The Morgan fingerprint density at radius 2 is 1.70 bits per heavy atom. The number of hydrogen-bond acceptors (Lipinski definition) is 2. The largest absolute Gasteiger partial charge is 0.349 e. The van der Waals surface area contributed by atoms with Gasteiger partial charge in [0.2, 0.25) is 5.91 Å². The van der Waals surface area contributed by atoms with Crippen LogP contribution in [0.3, 0.4) is 0 Å². The Morgan fingerprint density at radius 3 is 2.33 bits per heavy atom. The maximum absolute atomic E-state index is 13.0. The number of hydrogen-bond donors (Lipinski definition) is 2. The molecule has 0 aliphatic heterocycles. The molecular formula is C21H17Cl3F2N2O2. The minimum atomic E-state index is -2.74. The lowest BCUT2D eigenvalue weighted by Crippen LogP contribution is -2.50. The van der Waals surface area contributed by atoms with E-state index < -0.39 is 41.0 Å². The van der Waals surface area contributed by atoms with Gasteiger partial charge in [-0.2, -0.15) is 0 Å². The molecule has 0 saturated heterocycles. The Kier molecular flexibility index (Phi) is 5.45. The van der Waals surface area contributed by atoms with Gasteiger partial charge in [-0.05, 0) is 23.8 Å². The minimum Gasteiger partial charge on any atom is -0.349 e. The minimum absolute atomic E-state index is 0.0862. The number of nitrogens with one attached hydrogen (secondary N) is 2. The van der Waals surface area contributed by atoms with E-state index in [1.165, 1.54) is 12.1 Å². The van der Waals surface area contributed by atoms with Crippen molar-refractivity contribution in [2.45, 2.75) is 35.1 Å². The number of benzene rings is 2. The van der Waals surface area contributed by atoms with Gasteiger partial charge in [-0.15, -0.1) is 23.2 Å². The molecule has 9 heteroatoms. The van der Waals surface area contributed by atoms with Gasteiger partial charge in [0, 0.05) is 30.5 Å². The van der Waals surface area contributed by atoms with Crippen molar-refractivity contribution in [2.24, 2.45) is 5.92 Å². The van der Waals surface area contributed by atoms with Crippen LogP contribution in [0.15, 0.2) is 48.5 Å². The summed E-state index contributed by atoms with van der Waals surface area (Å²) in [6, 6.07) is 13.0. The van der Waals surface area contributed by atoms with Crippen molar-refractivity contribution in [3.05, 3.63) is 64.7 Å². The average Bonchev–Trinajstić information content (AvgIpc) is 3.24. The number of carbonyl (C=O) groups excluding carboxylic acids is 2. The fourth-order valence-corrected chi connectivity index (χ4v) is 4.78. The molecule has 4 nitrogen and oxygen atoms in total. The number of carbonyl (C=O) groups is 2. The third-order valence-corrected chi connectivity index (χ3v) is 6.67. The van der Waals surface area contributed by atoms with E-state index in [2.05, 4.69) is 10.6 Å². The molecule has 2 N–H and O–H groups in total. The summed E-state index contributed by atoms with van der Waals surface area (Å²) in [5.41, 5.74) is 1.27. The Bertz CT molecular complexity index is 993. The van der Waals surface area contributed by atoms with Crippen LogP contribution in [0.25, 0.3) is 0 Å². The summed E-state index contributed by atoms with van der Waals surface area (Å²) in [5.74, 6) is -4.71. The molecule has 2 unspecified atom stereocenters. The molecule has 0 spiro atoms. The summed E-state index contributed by atoms with van der Waals surface area (Å²) >= 11 is 18.8. The molecule has 2 atom stereocenters. The first-order chi connectivity index (χ1) is 14.1. The van der Waals surface area contributed by atoms with E-state index >= 15 is 0 Å². The first-order valence-corrected chi connectivity index (χ1v) is 10.4. The first kappa shape index (κ1) is 21.3. The van der Waals surface area contributed by atoms with Crippen molar-refractivity contribution in [1.82, 2.24) is 5.32 Å². The summed E-state index contributed by atoms with van der Waals surface area (Å²) in [4.78, 5) is 25.2. The second kappa shape index (κ2) is 7.66. The van der Waals surface area contributed by atoms with E-state index in [-0.39, 0.29) is 22.4 Å². The van der Waals surface area contributed by atoms with Gasteiger partial charge in [0.15, 0.2) is 0 Å². The monoisotopic (exact) mass is 472 g/mol. The van der Waals surface area contributed by atoms with Gasteiger partial charge in [0.25, 0.3) is 11.8 Å². The summed E-state index contributed by atoms with van der Waals surface area (Å²) in [6.45, 7) is 0. The van der Waals surface area contributed by atoms with Gasteiger partial charge in [0.1, 0.15) is 4.33 Å². The standard InChI is InChI=1S/C21H17Cl3F2N2O2/c22-15-7-6-12(8-14(15)18(29)28-13-9-20(25,26)10-13)27-19(30)17-16(21(17,23)24)11-4-2-1-3-5-11/h1-8,13,16-17H,9-10H2,(H,27,30)(H,28,29). The number of anilines is 1. The molecule has 2 aromatic carbocycles. The molecule has 30 heavy (non-hydrogen) atoms. The molecule has 0 aromatic heterocycles. The van der Waals surface area contributed by atoms with Crippen LogP contribution in [0.5, 0.6) is 0 Å². The van der Waals surface area contributed by atoms with Gasteiger partial charge >= 0.3 is 0 Å². The SMILES string of the molecule is O=C(NC1CC(F)(F)C1)c1cc(NC(=O)C2C(c3ccccc3)C2(Cl)Cl)ccc1Cl. The zero-order chi connectivity index (χ0) is 21.7. The first-order valence-electron chi connectivity index (χ1n) is 9.30. The molecule has 2 fully saturated rings. The molecule has 2 amide bonds. The van der Waals surface area contributed by atoms with Crippen LogP contribution in [-0.4, -0.2) is 28.1 Å². The Morgan fingerprint density at radius 1 is 1.03 bits per heavy atom. The summed E-state index contributed by atoms with van der Waals surface area (Å²) in [5, 5.41) is 5.39. The van der Waals surface area contributed by atoms with Crippen molar-refractivity contribution in [3.8, 4) is 0 Å². The van der Waals surface area contributed by atoms with E-state index in [9.17, 15) is 18.4 Å². The van der Waals surface area contributed by atoms with Gasteiger partial charge in [0.05, 0.1) is 16.5 Å². The summed E-state index contributed by atoms with van der Waals surface area (Å²) in [7, 11) is 0. The highest BCUT2D eigenvalue weighted by atomic mass is 35.5. The normalized spacial score (nSPS) is 23.9. The van der Waals surface area contributed by atoms with Crippen LogP contribution < -0.4 is 10.6 Å². The van der Waals surface area contributed by atoms with Crippen molar-refractivity contribution in [3.63, 3.8) is 0 Å². The van der Waals surface area contributed by atoms with E-state index in [1.807, 2.05) is 30.3 Å². The highest BCUT2D eigenvalue weighted by Crippen LogP contribution is 2.65. The van der Waals surface area contributed by atoms with Crippen molar-refractivity contribution in [2.75, 3.05) is 5.32 Å². The molecule has 0 heterocycles. The van der Waals surface area contributed by atoms with Crippen LogP contribution in [-0.2, 0) is 4.79 Å². The van der Waals surface area contributed by atoms with Crippen LogP contribution in [0.1, 0.15) is 34.7 Å². The second-order valence-electron chi connectivity index (χ2n) is 7.66. The summed E-state index contributed by atoms with van der Waals surface area (Å²) < 4.78 is 24.7. The lowest BCUT2D eigenvalue weighted by molar-refractivity contribution is -0.117. The topological polar surface area (TPSA) is 58.2 Å². The molecule has 2 aromatic rings. The van der Waals surface area contributed by atoms with E-state index in [1.54, 1.807) is 6.07 Å². The molecule has 158 valence electrons. The average molecular weight is 474 g/mol. The smallest absolute Gasteiger partial charge is 0.253 e. The van der Waals surface area contributed by atoms with Crippen LogP contribution in [0, 0.1) is 5.92 Å². The quantitative estimate of drug-likeness (QED) is 0.572. The molecule has 0 bridgehead atoms. The zero-order valence-corrected chi connectivity index (χ0v) is 17.7. The maximum atomic E-state index is 13.0. The van der Waals surface area contributed by atoms with Gasteiger partial charge in [-0.25, -0.2) is 8.78 Å². The third kappa shape index (κ3) is 4.13. The highest BCUT2D eigenvalue weighted by Gasteiger charge is 2.67. The number of rotatable bonds is 5. The molecule has 0 radical (unpaired) electrons. The van der Waals surface area contributed by atoms with Crippen molar-refractivity contribution >= 4 is 52.3 Å². The van der Waals surface area contributed by atoms with E-state index in [0.29, 0.717) is 5.69 Å². The fourth-order valence-electron chi connectivity index (χ4n) is 3.75. The highest BCUT2D eigenvalue weighted by molar-refractivity contribution is 6.53. The Labute approximate surface area is 186 Å².